The normalized spacial score (nSPS) is 10.1. The highest BCUT2D eigenvalue weighted by molar-refractivity contribution is 6.32. The molecule has 0 fully saturated rings. The highest BCUT2D eigenvalue weighted by Crippen LogP contribution is 2.25. The molecule has 0 bridgehead atoms. The van der Waals surface area contributed by atoms with E-state index < -0.39 is 16.5 Å². The number of hydrogen-bond donors (Lipinski definition) is 1. The summed E-state index contributed by atoms with van der Waals surface area (Å²) in [5.74, 6) is -0.560. The smallest absolute Gasteiger partial charge is 0.319 e. The summed E-state index contributed by atoms with van der Waals surface area (Å²) < 4.78 is 0. The van der Waals surface area contributed by atoms with Crippen LogP contribution >= 0.6 is 11.6 Å². The Morgan fingerprint density at radius 1 is 1.38 bits per heavy atom. The average Bonchev–Trinajstić information content (AvgIpc) is 2.47. The van der Waals surface area contributed by atoms with Crippen molar-refractivity contribution in [1.29, 1.82) is 0 Å². The third-order valence-electron chi connectivity index (χ3n) is 2.73. The summed E-state index contributed by atoms with van der Waals surface area (Å²) in [4.78, 5) is 29.8. The van der Waals surface area contributed by atoms with Gasteiger partial charge in [-0.05, 0) is 24.1 Å². The summed E-state index contributed by atoms with van der Waals surface area (Å²) in [7, 11) is 0. The number of pyridine rings is 2. The Morgan fingerprint density at radius 2 is 2.19 bits per heavy atom. The third kappa shape index (κ3) is 3.73. The van der Waals surface area contributed by atoms with Crippen LogP contribution < -0.4 is 5.32 Å². The van der Waals surface area contributed by atoms with Crippen molar-refractivity contribution < 1.29 is 9.72 Å². The lowest BCUT2D eigenvalue weighted by atomic mass is 10.2. The van der Waals surface area contributed by atoms with Gasteiger partial charge in [0.1, 0.15) is 5.56 Å². The van der Waals surface area contributed by atoms with Crippen molar-refractivity contribution in [2.24, 2.45) is 0 Å². The number of nitro groups is 1. The SMILES string of the molecule is O=C(NCCc1cccnc1)c1ccnc(Cl)c1[N+](=O)[O-]. The van der Waals surface area contributed by atoms with Gasteiger partial charge in [0.2, 0.25) is 5.15 Å². The molecule has 21 heavy (non-hydrogen) atoms. The molecule has 2 heterocycles. The number of halogens is 1. The zero-order valence-electron chi connectivity index (χ0n) is 10.8. The van der Waals surface area contributed by atoms with Gasteiger partial charge >= 0.3 is 5.69 Å². The van der Waals surface area contributed by atoms with E-state index in [2.05, 4.69) is 15.3 Å². The molecule has 0 saturated carbocycles. The van der Waals surface area contributed by atoms with Gasteiger partial charge in [-0.1, -0.05) is 17.7 Å². The first kappa shape index (κ1) is 14.9. The molecule has 8 heteroatoms. The number of nitrogens with zero attached hydrogens (tertiary/aromatic N) is 3. The highest BCUT2D eigenvalue weighted by Gasteiger charge is 2.24. The van der Waals surface area contributed by atoms with E-state index in [1.807, 2.05) is 6.07 Å². The molecular weight excluding hydrogens is 296 g/mol. The number of amides is 1. The van der Waals surface area contributed by atoms with Gasteiger partial charge in [0, 0.05) is 25.1 Å². The van der Waals surface area contributed by atoms with Crippen LogP contribution in [-0.4, -0.2) is 27.3 Å². The fourth-order valence-electron chi connectivity index (χ4n) is 1.75. The maximum Gasteiger partial charge on any atom is 0.319 e. The lowest BCUT2D eigenvalue weighted by Crippen LogP contribution is -2.26. The van der Waals surface area contributed by atoms with Crippen molar-refractivity contribution >= 4 is 23.2 Å². The molecule has 1 N–H and O–H groups in total. The molecule has 1 amide bonds. The second-order valence-electron chi connectivity index (χ2n) is 4.12. The Bertz CT molecular complexity index is 664. The minimum atomic E-state index is -0.717. The monoisotopic (exact) mass is 306 g/mol. The first-order chi connectivity index (χ1) is 10.1. The average molecular weight is 307 g/mol. The third-order valence-corrected chi connectivity index (χ3v) is 3.01. The Hall–Kier alpha value is -2.54. The number of aromatic nitrogens is 2. The van der Waals surface area contributed by atoms with Crippen molar-refractivity contribution in [1.82, 2.24) is 15.3 Å². The molecule has 0 unspecified atom stereocenters. The molecule has 2 rings (SSSR count). The van der Waals surface area contributed by atoms with Gasteiger partial charge in [0.15, 0.2) is 0 Å². The van der Waals surface area contributed by atoms with Crippen molar-refractivity contribution in [3.63, 3.8) is 0 Å². The molecule has 2 aromatic rings. The van der Waals surface area contributed by atoms with E-state index in [1.165, 1.54) is 12.3 Å². The van der Waals surface area contributed by atoms with E-state index in [1.54, 1.807) is 18.5 Å². The lowest BCUT2D eigenvalue weighted by molar-refractivity contribution is -0.385. The first-order valence-corrected chi connectivity index (χ1v) is 6.43. The Kier molecular flexibility index (Phi) is 4.78. The maximum atomic E-state index is 12.0. The first-order valence-electron chi connectivity index (χ1n) is 6.05. The van der Waals surface area contributed by atoms with Crippen LogP contribution in [0.1, 0.15) is 15.9 Å². The zero-order chi connectivity index (χ0) is 15.2. The van der Waals surface area contributed by atoms with E-state index >= 15 is 0 Å². The van der Waals surface area contributed by atoms with E-state index in [0.717, 1.165) is 5.56 Å². The summed E-state index contributed by atoms with van der Waals surface area (Å²) in [5, 5.41) is 13.2. The van der Waals surface area contributed by atoms with E-state index in [4.69, 9.17) is 11.6 Å². The molecular formula is C13H11ClN4O3. The molecule has 0 atom stereocenters. The second kappa shape index (κ2) is 6.76. The van der Waals surface area contributed by atoms with Gasteiger partial charge in [0.25, 0.3) is 5.91 Å². The Morgan fingerprint density at radius 3 is 2.86 bits per heavy atom. The number of carbonyl (C=O) groups is 1. The van der Waals surface area contributed by atoms with Crippen molar-refractivity contribution in [3.8, 4) is 0 Å². The molecule has 0 aromatic carbocycles. The van der Waals surface area contributed by atoms with Gasteiger partial charge in [-0.15, -0.1) is 0 Å². The van der Waals surface area contributed by atoms with Crippen LogP contribution in [0.5, 0.6) is 0 Å². The Balaban J connectivity index is 2.04. The van der Waals surface area contributed by atoms with Crippen molar-refractivity contribution in [2.45, 2.75) is 6.42 Å². The number of carbonyl (C=O) groups excluding carboxylic acids is 1. The summed E-state index contributed by atoms with van der Waals surface area (Å²) in [5.41, 5.74) is 0.365. The van der Waals surface area contributed by atoms with Crippen LogP contribution in [0.3, 0.4) is 0 Å². The van der Waals surface area contributed by atoms with Crippen LogP contribution in [0.25, 0.3) is 0 Å². The summed E-state index contributed by atoms with van der Waals surface area (Å²) in [6, 6.07) is 4.94. The fraction of sp³-hybridized carbons (Fsp3) is 0.154. The predicted molar refractivity (Wildman–Crippen MR) is 76.2 cm³/mol. The second-order valence-corrected chi connectivity index (χ2v) is 4.48. The predicted octanol–water partition coefficient (Wildman–Crippen LogP) is 2.01. The topological polar surface area (TPSA) is 98.0 Å². The van der Waals surface area contributed by atoms with Gasteiger partial charge < -0.3 is 5.32 Å². The summed E-state index contributed by atoms with van der Waals surface area (Å²) in [6.45, 7) is 0.335. The Labute approximate surface area is 125 Å². The van der Waals surface area contributed by atoms with E-state index in [0.29, 0.717) is 13.0 Å². The molecule has 0 aliphatic rings. The molecule has 0 radical (unpaired) electrons. The zero-order valence-corrected chi connectivity index (χ0v) is 11.6. The minimum Gasteiger partial charge on any atom is -0.351 e. The minimum absolute atomic E-state index is 0.105. The largest absolute Gasteiger partial charge is 0.351 e. The quantitative estimate of drug-likeness (QED) is 0.517. The lowest BCUT2D eigenvalue weighted by Gasteiger charge is -2.06. The van der Waals surface area contributed by atoms with E-state index in [-0.39, 0.29) is 10.7 Å². The van der Waals surface area contributed by atoms with Gasteiger partial charge in [-0.2, -0.15) is 0 Å². The van der Waals surface area contributed by atoms with Gasteiger partial charge in [0.05, 0.1) is 4.92 Å². The summed E-state index contributed by atoms with van der Waals surface area (Å²) in [6.07, 6.45) is 5.18. The van der Waals surface area contributed by atoms with E-state index in [9.17, 15) is 14.9 Å². The maximum absolute atomic E-state index is 12.0. The molecule has 0 saturated heterocycles. The number of nitrogens with one attached hydrogen (secondary N) is 1. The molecule has 0 aliphatic heterocycles. The standard InChI is InChI=1S/C13H11ClN4O3/c14-12-11(18(20)21)10(4-7-16-12)13(19)17-6-3-9-2-1-5-15-8-9/h1-2,4-5,7-8H,3,6H2,(H,17,19). The van der Waals surface area contributed by atoms with Gasteiger partial charge in [-0.3, -0.25) is 19.9 Å². The van der Waals surface area contributed by atoms with Crippen molar-refractivity contribution in [2.75, 3.05) is 6.54 Å². The van der Waals surface area contributed by atoms with Crippen LogP contribution in [0.2, 0.25) is 5.15 Å². The van der Waals surface area contributed by atoms with Crippen molar-refractivity contribution in [3.05, 3.63) is 63.2 Å². The van der Waals surface area contributed by atoms with Crippen LogP contribution in [0.4, 0.5) is 5.69 Å². The molecule has 2 aromatic heterocycles. The number of hydrogen-bond acceptors (Lipinski definition) is 5. The molecule has 0 aliphatic carbocycles. The van der Waals surface area contributed by atoms with Crippen LogP contribution in [0, 0.1) is 10.1 Å². The number of rotatable bonds is 5. The molecule has 108 valence electrons. The van der Waals surface area contributed by atoms with Crippen LogP contribution in [0.15, 0.2) is 36.8 Å². The molecule has 0 spiro atoms. The van der Waals surface area contributed by atoms with Gasteiger partial charge in [-0.25, -0.2) is 4.98 Å². The summed E-state index contributed by atoms with van der Waals surface area (Å²) >= 11 is 5.66. The van der Waals surface area contributed by atoms with Crippen LogP contribution in [-0.2, 0) is 6.42 Å². The highest BCUT2D eigenvalue weighted by atomic mass is 35.5. The fourth-order valence-corrected chi connectivity index (χ4v) is 1.97. The molecule has 7 nitrogen and oxygen atoms in total.